The lowest BCUT2D eigenvalue weighted by molar-refractivity contribution is -0.143. The first kappa shape index (κ1) is 24.7. The van der Waals surface area contributed by atoms with E-state index < -0.39 is 23.8 Å². The largest absolute Gasteiger partial charge is 0.444 e. The van der Waals surface area contributed by atoms with E-state index in [1.54, 1.807) is 32.6 Å². The molecule has 0 bridgehead atoms. The minimum absolute atomic E-state index is 0.0294. The number of aryl methyl sites for hydroxylation is 1. The van der Waals surface area contributed by atoms with Crippen LogP contribution in [0.1, 0.15) is 77.1 Å². The monoisotopic (exact) mass is 431 g/mol. The van der Waals surface area contributed by atoms with Gasteiger partial charge in [0, 0.05) is 12.1 Å². The van der Waals surface area contributed by atoms with E-state index in [4.69, 9.17) is 4.74 Å². The van der Waals surface area contributed by atoms with Crippen LogP contribution in [0.2, 0.25) is 0 Å². The van der Waals surface area contributed by atoms with Crippen LogP contribution in [0.25, 0.3) is 0 Å². The molecule has 2 atom stereocenters. The second-order valence-corrected chi connectivity index (χ2v) is 9.70. The third-order valence-corrected chi connectivity index (χ3v) is 5.20. The summed E-state index contributed by atoms with van der Waals surface area (Å²) < 4.78 is 5.29. The van der Waals surface area contributed by atoms with Crippen molar-refractivity contribution >= 4 is 17.9 Å². The van der Waals surface area contributed by atoms with Gasteiger partial charge >= 0.3 is 6.09 Å². The highest BCUT2D eigenvalue weighted by atomic mass is 16.6. The molecule has 1 aliphatic rings. The highest BCUT2D eigenvalue weighted by molar-refractivity contribution is 5.92. The van der Waals surface area contributed by atoms with E-state index in [-0.39, 0.29) is 23.9 Å². The third-order valence-electron chi connectivity index (χ3n) is 5.20. The molecule has 2 unspecified atom stereocenters. The van der Waals surface area contributed by atoms with Gasteiger partial charge in [0.15, 0.2) is 0 Å². The molecule has 0 aromatic heterocycles. The van der Waals surface area contributed by atoms with Gasteiger partial charge in [0.1, 0.15) is 17.7 Å². The summed E-state index contributed by atoms with van der Waals surface area (Å²) in [6.07, 6.45) is 1.02. The molecule has 3 amide bonds. The molecule has 31 heavy (non-hydrogen) atoms. The van der Waals surface area contributed by atoms with E-state index in [9.17, 15) is 14.4 Å². The maximum Gasteiger partial charge on any atom is 0.408 e. The summed E-state index contributed by atoms with van der Waals surface area (Å²) in [7, 11) is 0. The molecule has 0 radical (unpaired) electrons. The maximum absolute atomic E-state index is 13.5. The average molecular weight is 432 g/mol. The molecule has 2 rings (SSSR count). The molecule has 0 saturated heterocycles. The average Bonchev–Trinajstić information content (AvgIpc) is 3.44. The highest BCUT2D eigenvalue weighted by Crippen LogP contribution is 2.37. The molecule has 172 valence electrons. The Kier molecular flexibility index (Phi) is 7.73. The molecular formula is C24H37N3O4. The van der Waals surface area contributed by atoms with Gasteiger partial charge in [-0.25, -0.2) is 4.79 Å². The molecular weight excluding hydrogens is 394 g/mol. The minimum Gasteiger partial charge on any atom is -0.444 e. The fraction of sp³-hybridized carbons (Fsp3) is 0.625. The van der Waals surface area contributed by atoms with Crippen LogP contribution in [0, 0.1) is 13.8 Å². The third kappa shape index (κ3) is 6.71. The summed E-state index contributed by atoms with van der Waals surface area (Å²) >= 11 is 0. The standard InChI is InChI=1S/C24H37N3O4/c1-14(2)25-21(28)20(19-11-9-10-15(3)16(19)4)27(18-12-13-18)22(29)17(5)26-23(30)31-24(6,7)8/h9-11,14,17-18,20H,12-13H2,1-8H3,(H,25,28)(H,26,30). The Labute approximate surface area is 185 Å². The van der Waals surface area contributed by atoms with Gasteiger partial charge in [-0.05, 0) is 84.9 Å². The summed E-state index contributed by atoms with van der Waals surface area (Å²) in [6, 6.07) is 4.13. The van der Waals surface area contributed by atoms with Crippen molar-refractivity contribution in [2.45, 2.75) is 98.0 Å². The van der Waals surface area contributed by atoms with E-state index in [0.29, 0.717) is 0 Å². The summed E-state index contributed by atoms with van der Waals surface area (Å²) in [4.78, 5) is 40.7. The Morgan fingerprint density at radius 1 is 1.06 bits per heavy atom. The molecule has 1 aromatic carbocycles. The van der Waals surface area contributed by atoms with Gasteiger partial charge in [-0.15, -0.1) is 0 Å². The van der Waals surface area contributed by atoms with Crippen LogP contribution in [0.4, 0.5) is 4.79 Å². The number of nitrogens with zero attached hydrogens (tertiary/aromatic N) is 1. The van der Waals surface area contributed by atoms with Crippen LogP contribution in [-0.2, 0) is 14.3 Å². The van der Waals surface area contributed by atoms with Gasteiger partial charge in [-0.2, -0.15) is 0 Å². The zero-order valence-corrected chi connectivity index (χ0v) is 20.0. The summed E-state index contributed by atoms with van der Waals surface area (Å²) in [5.74, 6) is -0.508. The fourth-order valence-electron chi connectivity index (χ4n) is 3.49. The van der Waals surface area contributed by atoms with Crippen molar-refractivity contribution in [2.75, 3.05) is 0 Å². The number of amides is 3. The lowest BCUT2D eigenvalue weighted by atomic mass is 9.95. The number of hydrogen-bond donors (Lipinski definition) is 2. The molecule has 0 spiro atoms. The van der Waals surface area contributed by atoms with Crippen molar-refractivity contribution in [3.05, 3.63) is 34.9 Å². The van der Waals surface area contributed by atoms with Crippen molar-refractivity contribution in [3.8, 4) is 0 Å². The zero-order valence-electron chi connectivity index (χ0n) is 20.0. The molecule has 1 aliphatic carbocycles. The lowest BCUT2D eigenvalue weighted by Gasteiger charge is -2.35. The van der Waals surface area contributed by atoms with Crippen molar-refractivity contribution in [1.29, 1.82) is 0 Å². The highest BCUT2D eigenvalue weighted by Gasteiger charge is 2.43. The number of carbonyl (C=O) groups excluding carboxylic acids is 3. The Hall–Kier alpha value is -2.57. The van der Waals surface area contributed by atoms with Gasteiger partial charge in [-0.1, -0.05) is 18.2 Å². The predicted octanol–water partition coefficient (Wildman–Crippen LogP) is 3.77. The Morgan fingerprint density at radius 2 is 1.68 bits per heavy atom. The van der Waals surface area contributed by atoms with Crippen LogP contribution < -0.4 is 10.6 Å². The number of carbonyl (C=O) groups is 3. The Balaban J connectivity index is 2.38. The molecule has 1 aromatic rings. The first-order valence-electron chi connectivity index (χ1n) is 11.0. The minimum atomic E-state index is -0.824. The molecule has 7 nitrogen and oxygen atoms in total. The summed E-state index contributed by atoms with van der Waals surface area (Å²) in [6.45, 7) is 14.7. The number of ether oxygens (including phenoxy) is 1. The number of rotatable bonds is 7. The lowest BCUT2D eigenvalue weighted by Crippen LogP contribution is -2.53. The Bertz CT molecular complexity index is 825. The van der Waals surface area contributed by atoms with Crippen molar-refractivity contribution in [1.82, 2.24) is 15.5 Å². The van der Waals surface area contributed by atoms with Gasteiger partial charge < -0.3 is 20.3 Å². The fourth-order valence-corrected chi connectivity index (χ4v) is 3.49. The Morgan fingerprint density at radius 3 is 2.19 bits per heavy atom. The number of benzene rings is 1. The first-order valence-corrected chi connectivity index (χ1v) is 11.0. The second kappa shape index (κ2) is 9.71. The van der Waals surface area contributed by atoms with E-state index >= 15 is 0 Å². The van der Waals surface area contributed by atoms with Crippen molar-refractivity contribution in [2.24, 2.45) is 0 Å². The van der Waals surface area contributed by atoms with Crippen LogP contribution in [0.3, 0.4) is 0 Å². The summed E-state index contributed by atoms with van der Waals surface area (Å²) in [5.41, 5.74) is 2.19. The van der Waals surface area contributed by atoms with Crippen LogP contribution in [0.5, 0.6) is 0 Å². The van der Waals surface area contributed by atoms with Crippen molar-refractivity contribution in [3.63, 3.8) is 0 Å². The van der Waals surface area contributed by atoms with E-state index in [2.05, 4.69) is 10.6 Å². The van der Waals surface area contributed by atoms with E-state index in [1.807, 2.05) is 45.9 Å². The second-order valence-electron chi connectivity index (χ2n) is 9.70. The predicted molar refractivity (Wildman–Crippen MR) is 121 cm³/mol. The summed E-state index contributed by atoms with van der Waals surface area (Å²) in [5, 5.41) is 5.60. The first-order chi connectivity index (χ1) is 14.3. The van der Waals surface area contributed by atoms with Crippen molar-refractivity contribution < 1.29 is 19.1 Å². The van der Waals surface area contributed by atoms with E-state index in [1.165, 1.54) is 0 Å². The van der Waals surface area contributed by atoms with Gasteiger partial charge in [-0.3, -0.25) is 9.59 Å². The maximum atomic E-state index is 13.5. The molecule has 2 N–H and O–H groups in total. The molecule has 1 fully saturated rings. The molecule has 1 saturated carbocycles. The molecule has 7 heteroatoms. The van der Waals surface area contributed by atoms with Crippen LogP contribution in [0.15, 0.2) is 18.2 Å². The normalized spacial score (nSPS) is 15.8. The number of hydrogen-bond acceptors (Lipinski definition) is 4. The SMILES string of the molecule is Cc1cccc(C(C(=O)NC(C)C)N(C(=O)C(C)NC(=O)OC(C)(C)C)C2CC2)c1C. The number of alkyl carbamates (subject to hydrolysis) is 1. The molecule has 0 aliphatic heterocycles. The van der Waals surface area contributed by atoms with Crippen LogP contribution in [-0.4, -0.2) is 46.5 Å². The van der Waals surface area contributed by atoms with Gasteiger partial charge in [0.05, 0.1) is 0 Å². The number of nitrogens with one attached hydrogen (secondary N) is 2. The quantitative estimate of drug-likeness (QED) is 0.688. The van der Waals surface area contributed by atoms with E-state index in [0.717, 1.165) is 29.5 Å². The van der Waals surface area contributed by atoms with Crippen LogP contribution >= 0.6 is 0 Å². The van der Waals surface area contributed by atoms with Gasteiger partial charge in [0.2, 0.25) is 11.8 Å². The smallest absolute Gasteiger partial charge is 0.408 e. The topological polar surface area (TPSA) is 87.7 Å². The zero-order chi connectivity index (χ0) is 23.5. The van der Waals surface area contributed by atoms with Gasteiger partial charge in [0.25, 0.3) is 0 Å². The molecule has 0 heterocycles.